The van der Waals surface area contributed by atoms with Crippen molar-refractivity contribution in [2.45, 2.75) is 62.4 Å². The van der Waals surface area contributed by atoms with Crippen molar-refractivity contribution < 1.29 is 34.3 Å². The van der Waals surface area contributed by atoms with E-state index in [0.29, 0.717) is 6.04 Å². The number of ether oxygens (including phenoxy) is 1. The quantitative estimate of drug-likeness (QED) is 0.353. The van der Waals surface area contributed by atoms with E-state index in [1.54, 1.807) is 23.3 Å². The largest absolute Gasteiger partial charge is 1.00 e. The Morgan fingerprint density at radius 2 is 2.00 bits per heavy atom. The van der Waals surface area contributed by atoms with Gasteiger partial charge in [0.25, 0.3) is 0 Å². The van der Waals surface area contributed by atoms with Gasteiger partial charge in [0.2, 0.25) is 0 Å². The molecule has 1 heterocycles. The van der Waals surface area contributed by atoms with E-state index in [0.717, 1.165) is 9.86 Å². The van der Waals surface area contributed by atoms with Crippen LogP contribution in [-0.2, 0) is 17.4 Å². The first-order valence-electron chi connectivity index (χ1n) is 8.20. The summed E-state index contributed by atoms with van der Waals surface area (Å²) in [6, 6.07) is 9.02. The second kappa shape index (κ2) is 12.8. The van der Waals surface area contributed by atoms with E-state index < -0.39 is 0 Å². The number of nitrogens with zero attached hydrogens (tertiary/aromatic N) is 1. The van der Waals surface area contributed by atoms with E-state index in [1.807, 2.05) is 19.9 Å². The van der Waals surface area contributed by atoms with Gasteiger partial charge in [0, 0.05) is 10.4 Å². The molecule has 3 nitrogen and oxygen atoms in total. The van der Waals surface area contributed by atoms with Gasteiger partial charge >= 0.3 is 29.6 Å². The minimum absolute atomic E-state index is 0. The summed E-state index contributed by atoms with van der Waals surface area (Å²) in [5.74, 6) is 0. The van der Waals surface area contributed by atoms with Crippen molar-refractivity contribution >= 4 is 62.7 Å². The molecule has 1 aromatic carbocycles. The molecule has 0 saturated heterocycles. The molecule has 8 heteroatoms. The summed E-state index contributed by atoms with van der Waals surface area (Å²) >= 11 is 12.4. The van der Waals surface area contributed by atoms with Crippen LogP contribution in [0.1, 0.15) is 46.0 Å². The Hall–Kier alpha value is 0.530. The van der Waals surface area contributed by atoms with Crippen molar-refractivity contribution in [2.75, 3.05) is 0 Å². The monoisotopic (exact) mass is 422 g/mol. The summed E-state index contributed by atoms with van der Waals surface area (Å²) in [5, 5.41) is 0. The maximum atomic E-state index is 4.80. The summed E-state index contributed by atoms with van der Waals surface area (Å²) in [6.07, 6.45) is 6.92. The molecule has 0 unspecified atom stereocenters. The summed E-state index contributed by atoms with van der Waals surface area (Å²) in [5.41, 5.74) is 1.12. The molecule has 1 fully saturated rings. The van der Waals surface area contributed by atoms with Crippen molar-refractivity contribution in [1.82, 2.24) is 9.71 Å². The number of fused-ring (bicyclic) bond motifs is 1. The van der Waals surface area contributed by atoms with E-state index >= 15 is 0 Å². The van der Waals surface area contributed by atoms with Gasteiger partial charge in [-0.3, -0.25) is 4.72 Å². The number of hydrogen-bond donors (Lipinski definition) is 1. The number of thiazole rings is 1. The second-order valence-corrected chi connectivity index (χ2v) is 9.03. The van der Waals surface area contributed by atoms with Crippen molar-refractivity contribution in [3.05, 3.63) is 24.3 Å². The number of aromatic nitrogens is 1. The maximum Gasteiger partial charge on any atom is 1.00 e. The van der Waals surface area contributed by atoms with Gasteiger partial charge < -0.3 is 29.6 Å². The van der Waals surface area contributed by atoms with Crippen LogP contribution in [0.3, 0.4) is 0 Å². The number of benzene rings is 1. The molecule has 0 aliphatic heterocycles. The zero-order chi connectivity index (χ0) is 17.4. The predicted octanol–water partition coefficient (Wildman–Crippen LogP) is 2.47. The van der Waals surface area contributed by atoms with Gasteiger partial charge in [-0.15, -0.1) is 11.3 Å². The normalized spacial score (nSPS) is 14.5. The van der Waals surface area contributed by atoms with E-state index in [4.69, 9.17) is 4.74 Å². The van der Waals surface area contributed by atoms with Gasteiger partial charge in [0.15, 0.2) is 4.34 Å². The molecule has 1 aliphatic carbocycles. The summed E-state index contributed by atoms with van der Waals surface area (Å²) < 4.78 is 11.0. The molecular formula is C17H23N2NaOS4. The molecule has 0 amide bonds. The van der Waals surface area contributed by atoms with Crippen molar-refractivity contribution in [2.24, 2.45) is 0 Å². The van der Waals surface area contributed by atoms with Gasteiger partial charge in [-0.1, -0.05) is 31.4 Å². The zero-order valence-electron chi connectivity index (χ0n) is 15.0. The van der Waals surface area contributed by atoms with Gasteiger partial charge in [-0.25, -0.2) is 4.98 Å². The minimum Gasteiger partial charge on any atom is -0.511 e. The van der Waals surface area contributed by atoms with Crippen LogP contribution in [0.2, 0.25) is 0 Å². The number of rotatable bonds is 4. The van der Waals surface area contributed by atoms with E-state index in [9.17, 15) is 0 Å². The number of thiocarbonyl (C=S) groups is 1. The van der Waals surface area contributed by atoms with Gasteiger partial charge in [-0.2, -0.15) is 0 Å². The predicted molar refractivity (Wildman–Crippen MR) is 112 cm³/mol. The Kier molecular flexibility index (Phi) is 12.1. The van der Waals surface area contributed by atoms with E-state index in [-0.39, 0.29) is 40.0 Å². The molecule has 0 spiro atoms. The third-order valence-corrected chi connectivity index (χ3v) is 5.76. The summed E-state index contributed by atoms with van der Waals surface area (Å²) in [7, 11) is 0. The molecule has 2 aromatic rings. The second-order valence-electron chi connectivity index (χ2n) is 5.92. The molecule has 1 aliphatic rings. The van der Waals surface area contributed by atoms with Crippen molar-refractivity contribution in [3.8, 4) is 0 Å². The maximum absolute atomic E-state index is 4.80. The number of para-hydroxylation sites is 1. The minimum atomic E-state index is 0. The van der Waals surface area contributed by atoms with Crippen molar-refractivity contribution in [3.63, 3.8) is 0 Å². The Bertz CT molecular complexity index is 611. The first kappa shape index (κ1) is 23.6. The van der Waals surface area contributed by atoms with Crippen LogP contribution in [-0.4, -0.2) is 21.5 Å². The SMILES string of the molecule is CC(C)OC(=S)[S-].[Na+].c1ccc2sc(SNC3CCCCC3)nc2c1. The van der Waals surface area contributed by atoms with E-state index in [2.05, 4.69) is 52.8 Å². The zero-order valence-corrected chi connectivity index (χ0v) is 20.3. The fraction of sp³-hybridized carbons (Fsp3) is 0.529. The van der Waals surface area contributed by atoms with Gasteiger partial charge in [0.1, 0.15) is 0 Å². The molecule has 0 radical (unpaired) electrons. The first-order chi connectivity index (χ1) is 11.5. The first-order valence-corrected chi connectivity index (χ1v) is 10.6. The van der Waals surface area contributed by atoms with Gasteiger partial charge in [0.05, 0.1) is 16.3 Å². The van der Waals surface area contributed by atoms with Crippen LogP contribution in [0.15, 0.2) is 28.6 Å². The summed E-state index contributed by atoms with van der Waals surface area (Å²) in [6.45, 7) is 3.78. The van der Waals surface area contributed by atoms with Crippen LogP contribution >= 0.6 is 35.5 Å². The number of nitrogens with one attached hydrogen (secondary N) is 1. The average Bonchev–Trinajstić information content (AvgIpc) is 2.96. The Morgan fingerprint density at radius 3 is 2.56 bits per heavy atom. The molecule has 1 N–H and O–H groups in total. The van der Waals surface area contributed by atoms with Crippen LogP contribution in [0.4, 0.5) is 0 Å². The van der Waals surface area contributed by atoms with Crippen LogP contribution in [0.5, 0.6) is 0 Å². The molecule has 25 heavy (non-hydrogen) atoms. The third-order valence-electron chi connectivity index (χ3n) is 3.52. The third kappa shape index (κ3) is 9.33. The molecular weight excluding hydrogens is 399 g/mol. The van der Waals surface area contributed by atoms with Gasteiger partial charge in [-0.05, 0) is 50.8 Å². The van der Waals surface area contributed by atoms with Crippen molar-refractivity contribution in [1.29, 1.82) is 0 Å². The Morgan fingerprint density at radius 1 is 1.32 bits per heavy atom. The van der Waals surface area contributed by atoms with Crippen LogP contribution in [0.25, 0.3) is 10.2 Å². The fourth-order valence-electron chi connectivity index (χ4n) is 2.44. The molecule has 0 bridgehead atoms. The molecule has 1 aromatic heterocycles. The molecule has 0 atom stereocenters. The smallest absolute Gasteiger partial charge is 0.511 e. The molecule has 3 rings (SSSR count). The molecule has 1 saturated carbocycles. The van der Waals surface area contributed by atoms with Crippen LogP contribution < -0.4 is 34.3 Å². The average molecular weight is 423 g/mol. The summed E-state index contributed by atoms with van der Waals surface area (Å²) in [4.78, 5) is 4.62. The van der Waals surface area contributed by atoms with Crippen LogP contribution in [0, 0.1) is 0 Å². The van der Waals surface area contributed by atoms with E-state index in [1.165, 1.54) is 36.8 Å². The molecule has 132 valence electrons. The number of hydrogen-bond acceptors (Lipinski definition) is 7. The standard InChI is InChI=1S/C13H16N2S2.C4H8OS2.Na/c1-2-6-10(7-3-1)15-17-13-14-11-8-4-5-9-12(11)16-13;1-3(2)5-4(6)7;/h4-5,8-10,15H,1-3,6-7H2;3H,1-2H3,(H,6,7);/q;;+1/p-1. The fourth-order valence-corrected chi connectivity index (χ4v) is 4.75. The Balaban J connectivity index is 0.000000339. The Labute approximate surface area is 191 Å². The topological polar surface area (TPSA) is 34.1 Å².